The molecular formula is C25H22N4O6. The first-order valence-electron chi connectivity index (χ1n) is 10.6. The first-order chi connectivity index (χ1) is 16.7. The number of aromatic nitrogens is 4. The van der Waals surface area contributed by atoms with Crippen LogP contribution in [0.5, 0.6) is 0 Å². The van der Waals surface area contributed by atoms with Gasteiger partial charge in [-0.25, -0.2) is 14.3 Å². The van der Waals surface area contributed by atoms with Crippen molar-refractivity contribution in [3.05, 3.63) is 87.0 Å². The van der Waals surface area contributed by atoms with Crippen LogP contribution in [-0.2, 0) is 16.0 Å². The molecule has 35 heavy (non-hydrogen) atoms. The van der Waals surface area contributed by atoms with Gasteiger partial charge in [-0.05, 0) is 50.2 Å². The molecule has 0 radical (unpaired) electrons. The number of ketones is 1. The van der Waals surface area contributed by atoms with Crippen molar-refractivity contribution >= 4 is 28.6 Å². The van der Waals surface area contributed by atoms with Crippen molar-refractivity contribution in [2.45, 2.75) is 20.4 Å². The highest BCUT2D eigenvalue weighted by Gasteiger charge is 2.21. The molecule has 0 saturated heterocycles. The summed E-state index contributed by atoms with van der Waals surface area (Å²) in [4.78, 5) is 50.3. The Kier molecular flexibility index (Phi) is 6.28. The molecule has 0 aliphatic carbocycles. The number of aryl methyl sites for hydroxylation is 1. The zero-order chi connectivity index (χ0) is 25.3. The Bertz CT molecular complexity index is 1520. The van der Waals surface area contributed by atoms with E-state index < -0.39 is 17.5 Å². The Hall–Kier alpha value is -4.60. The lowest BCUT2D eigenvalue weighted by molar-refractivity contribution is 0.0598. The number of esters is 2. The molecule has 0 aliphatic rings. The zero-order valence-electron chi connectivity index (χ0n) is 19.6. The molecule has 0 bridgehead atoms. The minimum Gasteiger partial charge on any atom is -0.465 e. The normalized spacial score (nSPS) is 10.9. The van der Waals surface area contributed by atoms with E-state index in [0.717, 1.165) is 4.68 Å². The van der Waals surface area contributed by atoms with E-state index in [4.69, 9.17) is 9.47 Å². The fourth-order valence-corrected chi connectivity index (χ4v) is 4.00. The number of fused-ring (bicyclic) bond motifs is 1. The van der Waals surface area contributed by atoms with Crippen LogP contribution >= 0.6 is 0 Å². The van der Waals surface area contributed by atoms with Crippen molar-refractivity contribution in [3.8, 4) is 5.69 Å². The molecule has 0 saturated carbocycles. The van der Waals surface area contributed by atoms with E-state index in [2.05, 4.69) is 10.3 Å². The summed E-state index contributed by atoms with van der Waals surface area (Å²) >= 11 is 0. The van der Waals surface area contributed by atoms with E-state index in [0.29, 0.717) is 33.5 Å². The van der Waals surface area contributed by atoms with Gasteiger partial charge in [-0.2, -0.15) is 0 Å². The van der Waals surface area contributed by atoms with Crippen LogP contribution < -0.4 is 5.56 Å². The van der Waals surface area contributed by atoms with Crippen LogP contribution in [0.25, 0.3) is 16.6 Å². The third kappa shape index (κ3) is 4.33. The lowest BCUT2D eigenvalue weighted by atomic mass is 10.1. The molecule has 2 heterocycles. The van der Waals surface area contributed by atoms with Crippen molar-refractivity contribution in [2.24, 2.45) is 0 Å². The van der Waals surface area contributed by atoms with Gasteiger partial charge in [0.25, 0.3) is 5.56 Å². The van der Waals surface area contributed by atoms with Crippen LogP contribution in [-0.4, -0.2) is 51.5 Å². The molecule has 0 unspecified atom stereocenters. The summed E-state index contributed by atoms with van der Waals surface area (Å²) in [7, 11) is 2.49. The molecule has 0 atom stereocenters. The molecule has 10 nitrogen and oxygen atoms in total. The highest BCUT2D eigenvalue weighted by atomic mass is 16.5. The maximum atomic E-state index is 13.2. The van der Waals surface area contributed by atoms with E-state index >= 15 is 0 Å². The summed E-state index contributed by atoms with van der Waals surface area (Å²) in [6.45, 7) is 3.22. The SMILES string of the molecule is COC(=O)c1cc(C(=O)OC)cc(-n2c(C)cc(C(=O)Cn3nnc4ccccc4c3=O)c2C)c1. The maximum absolute atomic E-state index is 13.2. The van der Waals surface area contributed by atoms with Gasteiger partial charge in [-0.3, -0.25) is 9.59 Å². The van der Waals surface area contributed by atoms with E-state index in [1.54, 1.807) is 60.9 Å². The van der Waals surface area contributed by atoms with Crippen LogP contribution in [0.1, 0.15) is 42.5 Å². The Morgan fingerprint density at radius 2 is 1.54 bits per heavy atom. The van der Waals surface area contributed by atoms with Gasteiger partial charge < -0.3 is 14.0 Å². The molecule has 4 rings (SSSR count). The number of nitrogens with zero attached hydrogens (tertiary/aromatic N) is 4. The second-order valence-corrected chi connectivity index (χ2v) is 7.86. The van der Waals surface area contributed by atoms with Gasteiger partial charge in [0, 0.05) is 22.6 Å². The fourth-order valence-electron chi connectivity index (χ4n) is 4.00. The summed E-state index contributed by atoms with van der Waals surface area (Å²) < 4.78 is 12.4. The van der Waals surface area contributed by atoms with Crippen molar-refractivity contribution in [2.75, 3.05) is 14.2 Å². The van der Waals surface area contributed by atoms with Crippen LogP contribution in [0.3, 0.4) is 0 Å². The first kappa shape index (κ1) is 23.6. The predicted octanol–water partition coefficient (Wildman–Crippen LogP) is 2.66. The van der Waals surface area contributed by atoms with E-state index in [-0.39, 0.29) is 23.5 Å². The lowest BCUT2D eigenvalue weighted by Crippen LogP contribution is -2.28. The number of carbonyl (C=O) groups is 3. The number of carbonyl (C=O) groups excluding carboxylic acids is 3. The molecular weight excluding hydrogens is 452 g/mol. The molecule has 178 valence electrons. The molecule has 2 aromatic carbocycles. The standard InChI is InChI=1S/C25H22N4O6/c1-14-9-20(22(30)13-28-23(31)19-7-5-6-8-21(19)26-27-28)15(2)29(14)18-11-16(24(32)34-3)10-17(12-18)25(33)35-4/h5-12H,13H2,1-4H3. The quantitative estimate of drug-likeness (QED) is 0.309. The molecule has 0 amide bonds. The van der Waals surface area contributed by atoms with Crippen LogP contribution in [0.15, 0.2) is 53.3 Å². The van der Waals surface area contributed by atoms with Crippen LogP contribution in [0, 0.1) is 13.8 Å². The van der Waals surface area contributed by atoms with Gasteiger partial charge in [0.15, 0.2) is 5.78 Å². The molecule has 0 fully saturated rings. The Morgan fingerprint density at radius 3 is 2.17 bits per heavy atom. The Labute approximate surface area is 199 Å². The van der Waals surface area contributed by atoms with E-state index in [9.17, 15) is 19.2 Å². The lowest BCUT2D eigenvalue weighted by Gasteiger charge is -2.13. The van der Waals surface area contributed by atoms with Gasteiger partial charge in [-0.1, -0.05) is 17.3 Å². The highest BCUT2D eigenvalue weighted by Crippen LogP contribution is 2.24. The minimum absolute atomic E-state index is 0.156. The number of hydrogen-bond acceptors (Lipinski definition) is 8. The van der Waals surface area contributed by atoms with Crippen molar-refractivity contribution in [3.63, 3.8) is 0 Å². The molecule has 0 spiro atoms. The molecule has 0 aliphatic heterocycles. The highest BCUT2D eigenvalue weighted by molar-refractivity contribution is 5.98. The number of methoxy groups -OCH3 is 2. The molecule has 4 aromatic rings. The molecule has 10 heteroatoms. The summed E-state index contributed by atoms with van der Waals surface area (Å²) in [5.41, 5.74) is 2.44. The average Bonchev–Trinajstić information content (AvgIpc) is 3.18. The maximum Gasteiger partial charge on any atom is 0.337 e. The van der Waals surface area contributed by atoms with Gasteiger partial charge in [-0.15, -0.1) is 5.10 Å². The van der Waals surface area contributed by atoms with E-state index in [1.165, 1.54) is 20.3 Å². The van der Waals surface area contributed by atoms with Crippen molar-refractivity contribution in [1.82, 2.24) is 19.6 Å². The minimum atomic E-state index is -0.620. The third-order valence-electron chi connectivity index (χ3n) is 5.67. The average molecular weight is 474 g/mol. The number of Topliss-reactive ketones (excluding diaryl/α,β-unsaturated/α-hetero) is 1. The predicted molar refractivity (Wildman–Crippen MR) is 126 cm³/mol. The topological polar surface area (TPSA) is 122 Å². The zero-order valence-corrected chi connectivity index (χ0v) is 19.6. The summed E-state index contributed by atoms with van der Waals surface area (Å²) in [6.07, 6.45) is 0. The molecule has 2 aromatic heterocycles. The largest absolute Gasteiger partial charge is 0.465 e. The van der Waals surface area contributed by atoms with Crippen LogP contribution in [0.4, 0.5) is 0 Å². The smallest absolute Gasteiger partial charge is 0.337 e. The van der Waals surface area contributed by atoms with Gasteiger partial charge in [0.1, 0.15) is 12.1 Å². The summed E-state index contributed by atoms with van der Waals surface area (Å²) in [5, 5.41) is 8.28. The third-order valence-corrected chi connectivity index (χ3v) is 5.67. The molecule has 0 N–H and O–H groups in total. The summed E-state index contributed by atoms with van der Waals surface area (Å²) in [6, 6.07) is 13.0. The van der Waals surface area contributed by atoms with E-state index in [1.807, 2.05) is 0 Å². The second kappa shape index (κ2) is 9.34. The number of ether oxygens (including phenoxy) is 2. The van der Waals surface area contributed by atoms with Gasteiger partial charge in [0.05, 0.1) is 30.7 Å². The number of rotatable bonds is 6. The number of hydrogen-bond donors (Lipinski definition) is 0. The second-order valence-electron chi connectivity index (χ2n) is 7.86. The van der Waals surface area contributed by atoms with Crippen LogP contribution in [0.2, 0.25) is 0 Å². The first-order valence-corrected chi connectivity index (χ1v) is 10.6. The fraction of sp³-hybridized carbons (Fsp3) is 0.200. The Morgan fingerprint density at radius 1 is 0.914 bits per heavy atom. The monoisotopic (exact) mass is 474 g/mol. The van der Waals surface area contributed by atoms with Crippen molar-refractivity contribution in [1.29, 1.82) is 0 Å². The Balaban J connectivity index is 1.75. The van der Waals surface area contributed by atoms with Gasteiger partial charge in [0.2, 0.25) is 0 Å². The number of benzene rings is 2. The van der Waals surface area contributed by atoms with Crippen molar-refractivity contribution < 1.29 is 23.9 Å². The van der Waals surface area contributed by atoms with Gasteiger partial charge >= 0.3 is 11.9 Å². The summed E-state index contributed by atoms with van der Waals surface area (Å²) in [5.74, 6) is -1.58.